The number of rotatable bonds is 1. The van der Waals surface area contributed by atoms with Crippen molar-refractivity contribution in [2.75, 3.05) is 0 Å². The Morgan fingerprint density at radius 1 is 1.57 bits per heavy atom. The molecule has 0 aliphatic rings. The molecule has 0 unspecified atom stereocenters. The SMILES string of the molecule is O=P([O-])([O-])OCl.[Fe+2]. The Bertz CT molecular complexity index is 75.8. The van der Waals surface area contributed by atoms with Gasteiger partial charge in [0.15, 0.2) is 0 Å². The zero-order chi connectivity index (χ0) is 5.21. The summed E-state index contributed by atoms with van der Waals surface area (Å²) in [5.74, 6) is 0. The quantitative estimate of drug-likeness (QED) is 0.388. The molecule has 0 saturated heterocycles. The van der Waals surface area contributed by atoms with E-state index in [4.69, 9.17) is 14.4 Å². The van der Waals surface area contributed by atoms with Crippen molar-refractivity contribution in [3.63, 3.8) is 0 Å². The van der Waals surface area contributed by atoms with E-state index in [1.165, 1.54) is 0 Å². The van der Waals surface area contributed by atoms with E-state index in [-0.39, 0.29) is 17.1 Å². The van der Waals surface area contributed by atoms with Gasteiger partial charge in [0.05, 0.1) is 19.7 Å². The van der Waals surface area contributed by atoms with Crippen molar-refractivity contribution in [2.24, 2.45) is 0 Å². The van der Waals surface area contributed by atoms with Gasteiger partial charge in [-0.2, -0.15) is 0 Å². The smallest absolute Gasteiger partial charge is 0.789 e. The second kappa shape index (κ2) is 3.87. The molecule has 7 heavy (non-hydrogen) atoms. The summed E-state index contributed by atoms with van der Waals surface area (Å²) in [5.41, 5.74) is 0. The van der Waals surface area contributed by atoms with E-state index in [9.17, 15) is 0 Å². The second-order valence-electron chi connectivity index (χ2n) is 0.516. The van der Waals surface area contributed by atoms with E-state index < -0.39 is 7.82 Å². The Morgan fingerprint density at radius 3 is 1.71 bits per heavy atom. The summed E-state index contributed by atoms with van der Waals surface area (Å²) in [4.78, 5) is 18.2. The summed E-state index contributed by atoms with van der Waals surface area (Å²) in [7, 11) is -4.88. The fraction of sp³-hybridized carbons (Fsp3) is 0. The van der Waals surface area contributed by atoms with Crippen LogP contribution in [0.3, 0.4) is 0 Å². The van der Waals surface area contributed by atoms with Crippen LogP contribution >= 0.6 is 19.7 Å². The zero-order valence-electron chi connectivity index (χ0n) is 2.81. The van der Waals surface area contributed by atoms with Crippen LogP contribution in [0.5, 0.6) is 0 Å². The normalized spacial score (nSPS) is 10.1. The Morgan fingerprint density at radius 2 is 1.71 bits per heavy atom. The van der Waals surface area contributed by atoms with Crippen molar-refractivity contribution < 1.29 is 35.5 Å². The molecule has 0 atom stereocenters. The maximum absolute atomic E-state index is 9.12. The molecule has 0 aliphatic carbocycles. The van der Waals surface area contributed by atoms with Gasteiger partial charge in [0, 0.05) is 0 Å². The van der Waals surface area contributed by atoms with Crippen LogP contribution in [-0.2, 0) is 25.7 Å². The van der Waals surface area contributed by atoms with Gasteiger partial charge in [0.25, 0.3) is 0 Å². The molecule has 44 valence electrons. The molecule has 0 aromatic heterocycles. The first-order valence-corrected chi connectivity index (χ1v) is 2.65. The fourth-order valence-corrected chi connectivity index (χ4v) is 0. The minimum absolute atomic E-state index is 0. The fourth-order valence-electron chi connectivity index (χ4n) is 0. The minimum atomic E-state index is -4.88. The molecule has 7 heteroatoms. The van der Waals surface area contributed by atoms with Crippen LogP contribution in [0.15, 0.2) is 0 Å². The van der Waals surface area contributed by atoms with Gasteiger partial charge < -0.3 is 14.4 Å². The Balaban J connectivity index is 0. The summed E-state index contributed by atoms with van der Waals surface area (Å²) in [6.45, 7) is 0. The number of phosphoric acid groups is 1. The topological polar surface area (TPSA) is 72.4 Å². The van der Waals surface area contributed by atoms with E-state index in [1.807, 2.05) is 0 Å². The molecule has 0 N–H and O–H groups in total. The van der Waals surface area contributed by atoms with Gasteiger partial charge in [0.2, 0.25) is 0 Å². The van der Waals surface area contributed by atoms with Crippen molar-refractivity contribution >= 4 is 19.7 Å². The van der Waals surface area contributed by atoms with Gasteiger partial charge in [-0.1, -0.05) is 0 Å². The van der Waals surface area contributed by atoms with Crippen molar-refractivity contribution in [3.05, 3.63) is 0 Å². The molecule has 0 radical (unpaired) electrons. The monoisotopic (exact) mass is 186 g/mol. The van der Waals surface area contributed by atoms with Crippen LogP contribution in [0.4, 0.5) is 0 Å². The van der Waals surface area contributed by atoms with Gasteiger partial charge in [-0.05, 0) is 0 Å². The Labute approximate surface area is 55.7 Å². The Hall–Kier alpha value is 0.919. The first-order valence-electron chi connectivity index (χ1n) is 0.885. The molecule has 0 rings (SSSR count). The van der Waals surface area contributed by atoms with E-state index >= 15 is 0 Å². The number of hydrogen-bond donors (Lipinski definition) is 0. The van der Waals surface area contributed by atoms with Crippen molar-refractivity contribution in [3.8, 4) is 0 Å². The molecule has 0 amide bonds. The molecular weight excluding hydrogens is 186 g/mol. The molecular formula is ClFeO4P. The third kappa shape index (κ3) is 10.9. The van der Waals surface area contributed by atoms with E-state index in [1.54, 1.807) is 0 Å². The predicted octanol–water partition coefficient (Wildman–Crippen LogP) is -1.02. The van der Waals surface area contributed by atoms with E-state index in [2.05, 4.69) is 15.9 Å². The van der Waals surface area contributed by atoms with Crippen LogP contribution in [-0.4, -0.2) is 0 Å². The maximum Gasteiger partial charge on any atom is 2.00 e. The average Bonchev–Trinajstić information content (AvgIpc) is 1.35. The van der Waals surface area contributed by atoms with Crippen molar-refractivity contribution in [1.82, 2.24) is 0 Å². The van der Waals surface area contributed by atoms with Crippen molar-refractivity contribution in [2.45, 2.75) is 0 Å². The molecule has 0 aromatic rings. The molecule has 0 fully saturated rings. The maximum atomic E-state index is 9.12. The van der Waals surface area contributed by atoms with Gasteiger partial charge >= 0.3 is 17.1 Å². The molecule has 0 bridgehead atoms. The summed E-state index contributed by atoms with van der Waals surface area (Å²) in [5, 5.41) is 0. The van der Waals surface area contributed by atoms with Crippen LogP contribution in [0.2, 0.25) is 0 Å². The summed E-state index contributed by atoms with van der Waals surface area (Å²) in [6.07, 6.45) is 0. The summed E-state index contributed by atoms with van der Waals surface area (Å²) in [6, 6.07) is 0. The molecule has 0 heterocycles. The molecule has 0 aliphatic heterocycles. The van der Waals surface area contributed by atoms with E-state index in [0.29, 0.717) is 0 Å². The second-order valence-corrected chi connectivity index (χ2v) is 1.96. The third-order valence-corrected chi connectivity index (χ3v) is 0.761. The summed E-state index contributed by atoms with van der Waals surface area (Å²) >= 11 is 4.09. The predicted molar refractivity (Wildman–Crippen MR) is 14.5 cm³/mol. The van der Waals surface area contributed by atoms with Crippen LogP contribution in [0.1, 0.15) is 0 Å². The standard InChI is InChI=1S/ClH2O4P.Fe/c1-5-6(2,3)4;/h(H2,2,3,4);/q;+2/p-2. The number of hydrogen-bond acceptors (Lipinski definition) is 4. The molecule has 0 spiro atoms. The van der Waals surface area contributed by atoms with Gasteiger partial charge in [-0.3, -0.25) is 0 Å². The van der Waals surface area contributed by atoms with Crippen LogP contribution < -0.4 is 9.79 Å². The zero-order valence-corrected chi connectivity index (χ0v) is 5.57. The first-order chi connectivity index (χ1) is 2.56. The third-order valence-electron chi connectivity index (χ3n) is 0.0845. The summed E-state index contributed by atoms with van der Waals surface area (Å²) < 4.78 is 12.0. The molecule has 0 aromatic carbocycles. The van der Waals surface area contributed by atoms with Gasteiger partial charge in [-0.15, -0.1) is 0 Å². The van der Waals surface area contributed by atoms with Crippen LogP contribution in [0, 0.1) is 0 Å². The first kappa shape index (κ1) is 10.8. The van der Waals surface area contributed by atoms with Crippen LogP contribution in [0.25, 0.3) is 0 Å². The van der Waals surface area contributed by atoms with Gasteiger partial charge in [-0.25, -0.2) is 4.08 Å². The molecule has 4 nitrogen and oxygen atoms in total. The Kier molecular flexibility index (Phi) is 5.98. The molecule has 0 saturated carbocycles. The largest absolute Gasteiger partial charge is 2.00 e. The number of halogens is 1. The van der Waals surface area contributed by atoms with Gasteiger partial charge in [0.1, 0.15) is 0 Å². The van der Waals surface area contributed by atoms with Crippen molar-refractivity contribution in [1.29, 1.82) is 0 Å². The van der Waals surface area contributed by atoms with E-state index in [0.717, 1.165) is 0 Å². The minimum Gasteiger partial charge on any atom is -0.789 e. The average molecular weight is 186 g/mol.